The standard InChI is InChI=1S/C16H22O4/c1-3-12-19-15(17)10-7-11-16(18)20-14-9-6-5-8-13(14)4-2/h5-6,8-9H,3-4,7,10-12H2,1-2H3. The summed E-state index contributed by atoms with van der Waals surface area (Å²) in [5.41, 5.74) is 1.00. The molecule has 0 heterocycles. The highest BCUT2D eigenvalue weighted by atomic mass is 16.5. The number of ether oxygens (including phenoxy) is 2. The number of hydrogen-bond donors (Lipinski definition) is 0. The van der Waals surface area contributed by atoms with Crippen molar-refractivity contribution in [2.45, 2.75) is 46.0 Å². The summed E-state index contributed by atoms with van der Waals surface area (Å²) in [5, 5.41) is 0. The highest BCUT2D eigenvalue weighted by molar-refractivity contribution is 5.74. The van der Waals surface area contributed by atoms with E-state index in [9.17, 15) is 9.59 Å². The van der Waals surface area contributed by atoms with Crippen LogP contribution in [0, 0.1) is 0 Å². The monoisotopic (exact) mass is 278 g/mol. The molecule has 0 saturated carbocycles. The Balaban J connectivity index is 2.31. The molecular formula is C16H22O4. The molecule has 20 heavy (non-hydrogen) atoms. The van der Waals surface area contributed by atoms with E-state index in [4.69, 9.17) is 9.47 Å². The molecule has 0 aliphatic rings. The second kappa shape index (κ2) is 9.13. The Morgan fingerprint density at radius 2 is 1.75 bits per heavy atom. The first-order valence-electron chi connectivity index (χ1n) is 7.11. The largest absolute Gasteiger partial charge is 0.466 e. The molecule has 0 aliphatic carbocycles. The summed E-state index contributed by atoms with van der Waals surface area (Å²) in [4.78, 5) is 23.0. The third kappa shape index (κ3) is 5.87. The molecule has 0 N–H and O–H groups in total. The lowest BCUT2D eigenvalue weighted by atomic mass is 10.1. The van der Waals surface area contributed by atoms with E-state index in [-0.39, 0.29) is 24.8 Å². The molecule has 0 amide bonds. The normalized spacial score (nSPS) is 10.1. The number of carbonyl (C=O) groups excluding carboxylic acids is 2. The molecule has 0 aliphatic heterocycles. The third-order valence-corrected chi connectivity index (χ3v) is 2.81. The van der Waals surface area contributed by atoms with Gasteiger partial charge < -0.3 is 9.47 Å². The Bertz CT molecular complexity index is 440. The van der Waals surface area contributed by atoms with Crippen LogP contribution in [-0.4, -0.2) is 18.5 Å². The maximum atomic E-state index is 11.7. The molecule has 4 heteroatoms. The van der Waals surface area contributed by atoms with Gasteiger partial charge in [-0.15, -0.1) is 0 Å². The first kappa shape index (κ1) is 16.2. The molecule has 0 radical (unpaired) electrons. The second-order valence-electron chi connectivity index (χ2n) is 4.51. The second-order valence-corrected chi connectivity index (χ2v) is 4.51. The number of carbonyl (C=O) groups is 2. The molecule has 0 atom stereocenters. The summed E-state index contributed by atoms with van der Waals surface area (Å²) >= 11 is 0. The zero-order valence-corrected chi connectivity index (χ0v) is 12.2. The van der Waals surface area contributed by atoms with Crippen LogP contribution in [0.3, 0.4) is 0 Å². The molecule has 0 bridgehead atoms. The minimum absolute atomic E-state index is 0.222. The van der Waals surface area contributed by atoms with Crippen LogP contribution in [0.2, 0.25) is 0 Å². The molecule has 0 unspecified atom stereocenters. The molecule has 0 saturated heterocycles. The van der Waals surface area contributed by atoms with E-state index < -0.39 is 0 Å². The summed E-state index contributed by atoms with van der Waals surface area (Å²) in [6.45, 7) is 4.39. The van der Waals surface area contributed by atoms with Gasteiger partial charge in [0.2, 0.25) is 0 Å². The van der Waals surface area contributed by atoms with Crippen molar-refractivity contribution < 1.29 is 19.1 Å². The van der Waals surface area contributed by atoms with Crippen molar-refractivity contribution in [1.29, 1.82) is 0 Å². The fraction of sp³-hybridized carbons (Fsp3) is 0.500. The maximum Gasteiger partial charge on any atom is 0.311 e. The molecule has 0 aromatic heterocycles. The summed E-state index contributed by atoms with van der Waals surface area (Å²) in [5.74, 6) is 0.0383. The van der Waals surface area contributed by atoms with E-state index in [0.29, 0.717) is 18.8 Å². The fourth-order valence-corrected chi connectivity index (χ4v) is 1.73. The van der Waals surface area contributed by atoms with Gasteiger partial charge >= 0.3 is 11.9 Å². The topological polar surface area (TPSA) is 52.6 Å². The zero-order chi connectivity index (χ0) is 14.8. The Kier molecular flexibility index (Phi) is 7.40. The smallest absolute Gasteiger partial charge is 0.311 e. The van der Waals surface area contributed by atoms with E-state index in [0.717, 1.165) is 18.4 Å². The Morgan fingerprint density at radius 3 is 2.45 bits per heavy atom. The summed E-state index contributed by atoms with van der Waals surface area (Å²) in [6.07, 6.45) is 2.55. The molecule has 4 nitrogen and oxygen atoms in total. The van der Waals surface area contributed by atoms with Gasteiger partial charge in [0.25, 0.3) is 0 Å². The van der Waals surface area contributed by atoms with Crippen molar-refractivity contribution in [2.75, 3.05) is 6.61 Å². The van der Waals surface area contributed by atoms with E-state index in [1.54, 1.807) is 6.07 Å². The Morgan fingerprint density at radius 1 is 1.05 bits per heavy atom. The Labute approximate surface area is 120 Å². The molecule has 1 aromatic carbocycles. The van der Waals surface area contributed by atoms with Crippen LogP contribution in [0.15, 0.2) is 24.3 Å². The van der Waals surface area contributed by atoms with Crippen LogP contribution >= 0.6 is 0 Å². The van der Waals surface area contributed by atoms with Crippen LogP contribution in [0.1, 0.15) is 45.1 Å². The van der Waals surface area contributed by atoms with Crippen molar-refractivity contribution in [1.82, 2.24) is 0 Å². The van der Waals surface area contributed by atoms with Gasteiger partial charge in [-0.2, -0.15) is 0 Å². The Hall–Kier alpha value is -1.84. The van der Waals surface area contributed by atoms with Crippen LogP contribution in [-0.2, 0) is 20.7 Å². The van der Waals surface area contributed by atoms with Crippen LogP contribution in [0.5, 0.6) is 5.75 Å². The maximum absolute atomic E-state index is 11.7. The summed E-state index contributed by atoms with van der Waals surface area (Å²) < 4.78 is 10.2. The quantitative estimate of drug-likeness (QED) is 0.541. The van der Waals surface area contributed by atoms with E-state index in [1.807, 2.05) is 32.0 Å². The van der Waals surface area contributed by atoms with Gasteiger partial charge in [-0.25, -0.2) is 0 Å². The van der Waals surface area contributed by atoms with Crippen molar-refractivity contribution in [3.63, 3.8) is 0 Å². The van der Waals surface area contributed by atoms with Crippen molar-refractivity contribution in [3.8, 4) is 5.75 Å². The number of benzene rings is 1. The van der Waals surface area contributed by atoms with Crippen molar-refractivity contribution >= 4 is 11.9 Å². The number of rotatable bonds is 8. The van der Waals surface area contributed by atoms with Crippen molar-refractivity contribution in [3.05, 3.63) is 29.8 Å². The van der Waals surface area contributed by atoms with E-state index >= 15 is 0 Å². The van der Waals surface area contributed by atoms with Gasteiger partial charge in [0.15, 0.2) is 0 Å². The van der Waals surface area contributed by atoms with Crippen LogP contribution in [0.4, 0.5) is 0 Å². The van der Waals surface area contributed by atoms with Gasteiger partial charge in [0, 0.05) is 12.8 Å². The van der Waals surface area contributed by atoms with E-state index in [1.165, 1.54) is 0 Å². The third-order valence-electron chi connectivity index (χ3n) is 2.81. The first-order chi connectivity index (χ1) is 9.67. The number of aryl methyl sites for hydroxylation is 1. The van der Waals surface area contributed by atoms with Gasteiger partial charge in [0.05, 0.1) is 6.61 Å². The number of esters is 2. The lowest BCUT2D eigenvalue weighted by Crippen LogP contribution is -2.11. The zero-order valence-electron chi connectivity index (χ0n) is 12.2. The minimum Gasteiger partial charge on any atom is -0.466 e. The van der Waals surface area contributed by atoms with Gasteiger partial charge in [0.1, 0.15) is 5.75 Å². The highest BCUT2D eigenvalue weighted by Crippen LogP contribution is 2.19. The van der Waals surface area contributed by atoms with Gasteiger partial charge in [-0.1, -0.05) is 32.0 Å². The molecular weight excluding hydrogens is 256 g/mol. The predicted molar refractivity (Wildman–Crippen MR) is 76.6 cm³/mol. The molecule has 0 spiro atoms. The number of hydrogen-bond acceptors (Lipinski definition) is 4. The summed E-state index contributed by atoms with van der Waals surface area (Å²) in [7, 11) is 0. The minimum atomic E-state index is -0.311. The van der Waals surface area contributed by atoms with Crippen molar-refractivity contribution in [2.24, 2.45) is 0 Å². The summed E-state index contributed by atoms with van der Waals surface area (Å²) in [6, 6.07) is 7.47. The first-order valence-corrected chi connectivity index (χ1v) is 7.11. The van der Waals surface area contributed by atoms with Gasteiger partial charge in [-0.3, -0.25) is 9.59 Å². The SMILES string of the molecule is CCCOC(=O)CCCC(=O)Oc1ccccc1CC. The van der Waals surface area contributed by atoms with Crippen LogP contribution < -0.4 is 4.74 Å². The van der Waals surface area contributed by atoms with E-state index in [2.05, 4.69) is 0 Å². The average Bonchev–Trinajstić information content (AvgIpc) is 2.45. The lowest BCUT2D eigenvalue weighted by molar-refractivity contribution is -0.144. The highest BCUT2D eigenvalue weighted by Gasteiger charge is 2.09. The molecule has 110 valence electrons. The molecule has 0 fully saturated rings. The fourth-order valence-electron chi connectivity index (χ4n) is 1.73. The average molecular weight is 278 g/mol. The van der Waals surface area contributed by atoms with Gasteiger partial charge in [-0.05, 0) is 30.9 Å². The predicted octanol–water partition coefficient (Wildman–Crippen LogP) is 3.28. The van der Waals surface area contributed by atoms with Crippen LogP contribution in [0.25, 0.3) is 0 Å². The lowest BCUT2D eigenvalue weighted by Gasteiger charge is -2.08. The molecule has 1 rings (SSSR count). The molecule has 1 aromatic rings. The number of para-hydroxylation sites is 1.